The van der Waals surface area contributed by atoms with E-state index in [1.807, 2.05) is 0 Å². The van der Waals surface area contributed by atoms with Crippen molar-refractivity contribution >= 4 is 17.3 Å². The van der Waals surface area contributed by atoms with Gasteiger partial charge in [-0.1, -0.05) is 0 Å². The normalized spacial score (nSPS) is 37.4. The number of carbonyl (C=O) groups is 3. The van der Waals surface area contributed by atoms with Crippen LogP contribution in [0.2, 0.25) is 0 Å². The van der Waals surface area contributed by atoms with E-state index in [1.54, 1.807) is 0 Å². The fraction of sp³-hybridized carbons (Fsp3) is 0.583. The van der Waals surface area contributed by atoms with Crippen LogP contribution in [-0.2, 0) is 19.1 Å². The first kappa shape index (κ1) is 11.3. The maximum atomic E-state index is 12.0. The molecular formula is C12H16O7. The molecule has 0 saturated heterocycles. The third-order valence-corrected chi connectivity index (χ3v) is 2.99. The minimum absolute atomic E-state index is 0.631. The van der Waals surface area contributed by atoms with E-state index in [2.05, 4.69) is 0 Å². The number of rotatable bonds is 4. The lowest BCUT2D eigenvalue weighted by atomic mass is 9.70. The summed E-state index contributed by atoms with van der Waals surface area (Å²) in [6.45, 7) is -2.95. The molecule has 4 atom stereocenters. The molecule has 1 rings (SSSR count). The number of carbonyl (C=O) groups excluding carboxylic acids is 3. The van der Waals surface area contributed by atoms with Gasteiger partial charge in [0.15, 0.2) is 35.2 Å². The topological polar surface area (TPSA) is 121 Å². The molecule has 0 saturated carbocycles. The summed E-state index contributed by atoms with van der Waals surface area (Å²) in [6, 6.07) is 0. The molecule has 0 aliphatic carbocycles. The minimum atomic E-state index is -3.12. The van der Waals surface area contributed by atoms with Crippen LogP contribution >= 0.6 is 0 Å². The molecule has 7 nitrogen and oxygen atoms in total. The number of aliphatic hydroxyl groups is 3. The van der Waals surface area contributed by atoms with E-state index in [9.17, 15) is 29.7 Å². The molecule has 0 radical (unpaired) electrons. The van der Waals surface area contributed by atoms with Crippen LogP contribution in [0, 0.1) is 0 Å². The molecule has 0 spiro atoms. The van der Waals surface area contributed by atoms with Crippen molar-refractivity contribution in [1.82, 2.24) is 0 Å². The highest BCUT2D eigenvalue weighted by Crippen LogP contribution is 2.36. The van der Waals surface area contributed by atoms with Gasteiger partial charge in [0, 0.05) is 4.11 Å². The van der Waals surface area contributed by atoms with E-state index in [0.717, 1.165) is 0 Å². The first-order valence-electron chi connectivity index (χ1n) is 7.25. The summed E-state index contributed by atoms with van der Waals surface area (Å²) in [5.74, 6) is -3.76. The van der Waals surface area contributed by atoms with Gasteiger partial charge in [0.25, 0.3) is 0 Å². The molecule has 0 aromatic rings. The van der Waals surface area contributed by atoms with Gasteiger partial charge in [0.2, 0.25) is 5.60 Å². The molecule has 1 aliphatic rings. The molecule has 1 heterocycles. The first-order valence-corrected chi connectivity index (χ1v) is 5.13. The smallest absolute Gasteiger partial charge is 0.202 e. The predicted molar refractivity (Wildman–Crippen MR) is 62.0 cm³/mol. The zero-order valence-corrected chi connectivity index (χ0v) is 9.91. The van der Waals surface area contributed by atoms with E-state index in [1.165, 1.54) is 0 Å². The van der Waals surface area contributed by atoms with Crippen LogP contribution in [0.15, 0.2) is 12.3 Å². The van der Waals surface area contributed by atoms with Crippen LogP contribution in [0.4, 0.5) is 0 Å². The SMILES string of the molecule is [2H]CC(=O)C(O)[C@H]1OC=C[C@](O)(C(=O)C[2H])[C@@]1(O)C(=O)C[2H]. The van der Waals surface area contributed by atoms with E-state index in [-0.39, 0.29) is 0 Å². The van der Waals surface area contributed by atoms with Crippen molar-refractivity contribution in [1.29, 1.82) is 0 Å². The van der Waals surface area contributed by atoms with Gasteiger partial charge in [-0.05, 0) is 26.8 Å². The Morgan fingerprint density at radius 1 is 1.26 bits per heavy atom. The molecule has 0 aromatic heterocycles. The van der Waals surface area contributed by atoms with Gasteiger partial charge in [-0.3, -0.25) is 14.4 Å². The van der Waals surface area contributed by atoms with Gasteiger partial charge in [-0.2, -0.15) is 0 Å². The number of aliphatic hydroxyl groups excluding tert-OH is 1. The highest BCUT2D eigenvalue weighted by Gasteiger charge is 2.64. The minimum Gasteiger partial charge on any atom is -0.491 e. The molecule has 7 heteroatoms. The summed E-state index contributed by atoms with van der Waals surface area (Å²) in [7, 11) is 0. The molecule has 3 N–H and O–H groups in total. The third-order valence-electron chi connectivity index (χ3n) is 2.99. The summed E-state index contributed by atoms with van der Waals surface area (Å²) < 4.78 is 25.8. The molecule has 19 heavy (non-hydrogen) atoms. The highest BCUT2D eigenvalue weighted by molar-refractivity contribution is 6.00. The third kappa shape index (κ3) is 2.09. The van der Waals surface area contributed by atoms with Gasteiger partial charge >= 0.3 is 0 Å². The zero-order chi connectivity index (χ0) is 17.1. The Bertz CT molecular complexity index is 509. The van der Waals surface area contributed by atoms with E-state index in [4.69, 9.17) is 8.85 Å². The van der Waals surface area contributed by atoms with Gasteiger partial charge < -0.3 is 20.1 Å². The van der Waals surface area contributed by atoms with Crippen molar-refractivity contribution in [3.05, 3.63) is 12.3 Å². The fourth-order valence-corrected chi connectivity index (χ4v) is 1.81. The van der Waals surface area contributed by atoms with E-state index in [0.29, 0.717) is 12.3 Å². The molecule has 0 fully saturated rings. The van der Waals surface area contributed by atoms with E-state index < -0.39 is 61.5 Å². The average Bonchev–Trinajstić information content (AvgIpc) is 2.53. The van der Waals surface area contributed by atoms with Crippen molar-refractivity contribution in [2.24, 2.45) is 0 Å². The van der Waals surface area contributed by atoms with Crippen LogP contribution in [0.3, 0.4) is 0 Å². The maximum Gasteiger partial charge on any atom is 0.202 e. The largest absolute Gasteiger partial charge is 0.491 e. The Labute approximate surface area is 113 Å². The molecule has 0 aromatic carbocycles. The number of ketones is 3. The number of ether oxygens (including phenoxy) is 1. The standard InChI is InChI=1S/C12H16O7/c1-6(13)9(16)10-12(18,8(3)15)11(17,7(2)14)4-5-19-10/h4-5,9-10,16-18H,1-3H3/t9?,10-,11+,12-/m1/s1/i1D,2D,3D. The monoisotopic (exact) mass is 275 g/mol. The Hall–Kier alpha value is -1.57. The Morgan fingerprint density at radius 2 is 1.89 bits per heavy atom. The summed E-state index contributed by atoms with van der Waals surface area (Å²) in [5.41, 5.74) is -6.04. The van der Waals surface area contributed by atoms with Gasteiger partial charge in [0.1, 0.15) is 0 Å². The molecule has 0 bridgehead atoms. The Balaban J connectivity index is 3.47. The van der Waals surface area contributed by atoms with Crippen LogP contribution in [0.25, 0.3) is 0 Å². The number of Topliss-reactive ketones (excluding diaryl/α,β-unsaturated/α-hetero) is 3. The second kappa shape index (κ2) is 4.84. The lowest BCUT2D eigenvalue weighted by Gasteiger charge is -2.45. The van der Waals surface area contributed by atoms with E-state index >= 15 is 0 Å². The number of hydrogen-bond acceptors (Lipinski definition) is 7. The van der Waals surface area contributed by atoms with Crippen LogP contribution in [0.5, 0.6) is 0 Å². The summed E-state index contributed by atoms with van der Waals surface area (Å²) in [4.78, 5) is 35.2. The van der Waals surface area contributed by atoms with Crippen molar-refractivity contribution in [3.8, 4) is 0 Å². The van der Waals surface area contributed by atoms with Crippen LogP contribution in [0.1, 0.15) is 24.8 Å². The van der Waals surface area contributed by atoms with Crippen molar-refractivity contribution in [2.75, 3.05) is 0 Å². The molecule has 1 unspecified atom stereocenters. The lowest BCUT2D eigenvalue weighted by molar-refractivity contribution is -0.213. The first-order chi connectivity index (χ1) is 10.2. The van der Waals surface area contributed by atoms with Crippen molar-refractivity contribution in [3.63, 3.8) is 0 Å². The van der Waals surface area contributed by atoms with Crippen LogP contribution < -0.4 is 0 Å². The zero-order valence-electron chi connectivity index (χ0n) is 12.9. The predicted octanol–water partition coefficient (Wildman–Crippen LogP) is -1.51. The van der Waals surface area contributed by atoms with Gasteiger partial charge in [-0.15, -0.1) is 0 Å². The number of hydrogen-bond donors (Lipinski definition) is 3. The van der Waals surface area contributed by atoms with Crippen molar-refractivity contribution < 1.29 is 38.6 Å². The average molecular weight is 275 g/mol. The van der Waals surface area contributed by atoms with Crippen LogP contribution in [-0.4, -0.2) is 56.1 Å². The van der Waals surface area contributed by atoms with Gasteiger partial charge in [0.05, 0.1) is 6.26 Å². The molecule has 1 aliphatic heterocycles. The molecule has 0 amide bonds. The summed E-state index contributed by atoms with van der Waals surface area (Å²) in [5, 5.41) is 30.8. The summed E-state index contributed by atoms with van der Waals surface area (Å²) in [6.07, 6.45) is -2.90. The Morgan fingerprint density at radius 3 is 2.42 bits per heavy atom. The highest BCUT2D eigenvalue weighted by atomic mass is 16.5. The lowest BCUT2D eigenvalue weighted by Crippen LogP contribution is -2.72. The Kier molecular flexibility index (Phi) is 2.87. The molecule has 106 valence electrons. The second-order valence-corrected chi connectivity index (χ2v) is 4.15. The fourth-order valence-electron chi connectivity index (χ4n) is 1.81. The van der Waals surface area contributed by atoms with Gasteiger partial charge in [-0.25, -0.2) is 0 Å². The summed E-state index contributed by atoms with van der Waals surface area (Å²) >= 11 is 0. The quantitative estimate of drug-likeness (QED) is 0.570. The second-order valence-electron chi connectivity index (χ2n) is 4.15. The maximum absolute atomic E-state index is 12.0. The van der Waals surface area contributed by atoms with Crippen molar-refractivity contribution in [2.45, 2.75) is 44.1 Å². The molecular weight excluding hydrogens is 256 g/mol.